The Morgan fingerprint density at radius 1 is 1.15 bits per heavy atom. The van der Waals surface area contributed by atoms with E-state index in [2.05, 4.69) is 4.72 Å². The number of sulfonamides is 1. The second-order valence-electron chi connectivity index (χ2n) is 4.34. The molecule has 2 aromatic rings. The average molecular weight is 287 g/mol. The number of nitrogens with zero attached hydrogens (tertiary/aromatic N) is 1. The topological polar surface area (TPSA) is 96.0 Å². The molecule has 0 saturated heterocycles. The second-order valence-corrected chi connectivity index (χ2v) is 5.99. The lowest BCUT2D eigenvalue weighted by atomic mass is 10.2. The third-order valence-corrected chi connectivity index (χ3v) is 4.18. The Hall–Kier alpha value is -2.52. The van der Waals surface area contributed by atoms with E-state index in [0.717, 1.165) is 5.56 Å². The molecule has 0 unspecified atom stereocenters. The molecule has 5 nitrogen and oxygen atoms in total. The van der Waals surface area contributed by atoms with Gasteiger partial charge in [0.15, 0.2) is 0 Å². The van der Waals surface area contributed by atoms with Crippen molar-refractivity contribution in [3.05, 3.63) is 53.6 Å². The monoisotopic (exact) mass is 287 g/mol. The van der Waals surface area contributed by atoms with E-state index in [4.69, 9.17) is 11.0 Å². The third-order valence-electron chi connectivity index (χ3n) is 2.72. The van der Waals surface area contributed by atoms with Gasteiger partial charge < -0.3 is 5.73 Å². The van der Waals surface area contributed by atoms with Gasteiger partial charge in [-0.2, -0.15) is 5.26 Å². The first-order valence-corrected chi connectivity index (χ1v) is 7.30. The fourth-order valence-corrected chi connectivity index (χ4v) is 2.91. The van der Waals surface area contributed by atoms with Crippen molar-refractivity contribution < 1.29 is 8.42 Å². The van der Waals surface area contributed by atoms with E-state index in [0.29, 0.717) is 11.3 Å². The number of anilines is 2. The minimum atomic E-state index is -3.74. The summed E-state index contributed by atoms with van der Waals surface area (Å²) in [6.07, 6.45) is 0. The van der Waals surface area contributed by atoms with E-state index < -0.39 is 10.0 Å². The van der Waals surface area contributed by atoms with Crippen LogP contribution in [0, 0.1) is 18.3 Å². The SMILES string of the molecule is Cc1ccc(S(=O)(=O)Nc2ccc(C#N)cc2)c(N)c1. The smallest absolute Gasteiger partial charge is 0.263 e. The number of benzene rings is 2. The van der Waals surface area contributed by atoms with Gasteiger partial charge in [0.2, 0.25) is 0 Å². The first kappa shape index (κ1) is 13.9. The van der Waals surface area contributed by atoms with Crippen molar-refractivity contribution in [3.8, 4) is 6.07 Å². The molecule has 0 aromatic heterocycles. The number of nitrogen functional groups attached to an aromatic ring is 1. The summed E-state index contributed by atoms with van der Waals surface area (Å²) in [5, 5.41) is 8.70. The van der Waals surface area contributed by atoms with Crippen molar-refractivity contribution in [1.82, 2.24) is 0 Å². The number of aryl methyl sites for hydroxylation is 1. The Bertz CT molecular complexity index is 775. The van der Waals surface area contributed by atoms with E-state index in [1.165, 1.54) is 30.3 Å². The highest BCUT2D eigenvalue weighted by Crippen LogP contribution is 2.22. The standard InChI is InChI=1S/C14H13N3O2S/c1-10-2-7-14(13(16)8-10)20(18,19)17-12-5-3-11(9-15)4-6-12/h2-8,17H,16H2,1H3. The summed E-state index contributed by atoms with van der Waals surface area (Å²) < 4.78 is 26.9. The molecule has 102 valence electrons. The van der Waals surface area contributed by atoms with E-state index in [1.807, 2.05) is 13.0 Å². The maximum absolute atomic E-state index is 12.2. The fraction of sp³-hybridized carbons (Fsp3) is 0.0714. The summed E-state index contributed by atoms with van der Waals surface area (Å²) in [6, 6.07) is 12.9. The minimum absolute atomic E-state index is 0.0347. The first-order chi connectivity index (χ1) is 9.42. The molecule has 0 aliphatic carbocycles. The summed E-state index contributed by atoms with van der Waals surface area (Å²) in [5.41, 5.74) is 7.67. The van der Waals surface area contributed by atoms with Crippen LogP contribution in [0.1, 0.15) is 11.1 Å². The highest BCUT2D eigenvalue weighted by molar-refractivity contribution is 7.92. The van der Waals surface area contributed by atoms with Gasteiger partial charge in [-0.3, -0.25) is 4.72 Å². The van der Waals surface area contributed by atoms with Gasteiger partial charge >= 0.3 is 0 Å². The van der Waals surface area contributed by atoms with Crippen LogP contribution in [-0.2, 0) is 10.0 Å². The number of rotatable bonds is 3. The van der Waals surface area contributed by atoms with Crippen LogP contribution in [0.4, 0.5) is 11.4 Å². The van der Waals surface area contributed by atoms with Gasteiger partial charge in [0, 0.05) is 5.69 Å². The number of nitriles is 1. The van der Waals surface area contributed by atoms with Crippen LogP contribution in [0.15, 0.2) is 47.4 Å². The highest BCUT2D eigenvalue weighted by atomic mass is 32.2. The molecule has 6 heteroatoms. The predicted octanol–water partition coefficient (Wildman–Crippen LogP) is 2.25. The Kier molecular flexibility index (Phi) is 3.63. The number of nitrogens with one attached hydrogen (secondary N) is 1. The van der Waals surface area contributed by atoms with Crippen molar-refractivity contribution in [3.63, 3.8) is 0 Å². The lowest BCUT2D eigenvalue weighted by Crippen LogP contribution is -2.14. The zero-order valence-electron chi connectivity index (χ0n) is 10.8. The largest absolute Gasteiger partial charge is 0.398 e. The van der Waals surface area contributed by atoms with Gasteiger partial charge in [-0.25, -0.2) is 8.42 Å². The summed E-state index contributed by atoms with van der Waals surface area (Å²) in [7, 11) is -3.74. The van der Waals surface area contributed by atoms with Gasteiger partial charge in [0.25, 0.3) is 10.0 Å². The maximum Gasteiger partial charge on any atom is 0.263 e. The zero-order chi connectivity index (χ0) is 14.8. The molecule has 20 heavy (non-hydrogen) atoms. The zero-order valence-corrected chi connectivity index (χ0v) is 11.6. The third kappa shape index (κ3) is 2.90. The van der Waals surface area contributed by atoms with Crippen molar-refractivity contribution in [2.75, 3.05) is 10.5 Å². The highest BCUT2D eigenvalue weighted by Gasteiger charge is 2.17. The number of hydrogen-bond donors (Lipinski definition) is 2. The van der Waals surface area contributed by atoms with Gasteiger partial charge in [-0.05, 0) is 48.9 Å². The molecule has 2 aromatic carbocycles. The lowest BCUT2D eigenvalue weighted by molar-refractivity contribution is 0.601. The molecule has 0 bridgehead atoms. The maximum atomic E-state index is 12.2. The molecule has 0 spiro atoms. The van der Waals surface area contributed by atoms with Gasteiger partial charge in [-0.15, -0.1) is 0 Å². The van der Waals surface area contributed by atoms with Crippen LogP contribution >= 0.6 is 0 Å². The summed E-state index contributed by atoms with van der Waals surface area (Å²) in [4.78, 5) is 0.0347. The van der Waals surface area contributed by atoms with Crippen LogP contribution in [0.25, 0.3) is 0 Å². The molecule has 0 amide bonds. The van der Waals surface area contributed by atoms with E-state index in [1.54, 1.807) is 12.1 Å². The van der Waals surface area contributed by atoms with E-state index in [-0.39, 0.29) is 10.6 Å². The Morgan fingerprint density at radius 2 is 1.80 bits per heavy atom. The van der Waals surface area contributed by atoms with E-state index in [9.17, 15) is 8.42 Å². The Labute approximate surface area is 117 Å². The van der Waals surface area contributed by atoms with Crippen molar-refractivity contribution >= 4 is 21.4 Å². The van der Waals surface area contributed by atoms with Crippen LogP contribution in [0.5, 0.6) is 0 Å². The molecule has 0 saturated carbocycles. The van der Waals surface area contributed by atoms with Gasteiger partial charge in [-0.1, -0.05) is 6.07 Å². The van der Waals surface area contributed by atoms with Crippen LogP contribution in [0.2, 0.25) is 0 Å². The molecule has 0 atom stereocenters. The van der Waals surface area contributed by atoms with Crippen molar-refractivity contribution in [2.24, 2.45) is 0 Å². The van der Waals surface area contributed by atoms with Gasteiger partial charge in [0.1, 0.15) is 4.90 Å². The second kappa shape index (κ2) is 5.23. The van der Waals surface area contributed by atoms with Crippen molar-refractivity contribution in [1.29, 1.82) is 5.26 Å². The number of nitrogens with two attached hydrogens (primary N) is 1. The van der Waals surface area contributed by atoms with Gasteiger partial charge in [0.05, 0.1) is 17.3 Å². The predicted molar refractivity (Wildman–Crippen MR) is 77.6 cm³/mol. The van der Waals surface area contributed by atoms with Crippen molar-refractivity contribution in [2.45, 2.75) is 11.8 Å². The normalized spacial score (nSPS) is 10.8. The molecule has 0 radical (unpaired) electrons. The van der Waals surface area contributed by atoms with E-state index >= 15 is 0 Å². The Morgan fingerprint density at radius 3 is 2.35 bits per heavy atom. The van der Waals surface area contributed by atoms with Crippen LogP contribution in [-0.4, -0.2) is 8.42 Å². The minimum Gasteiger partial charge on any atom is -0.398 e. The quantitative estimate of drug-likeness (QED) is 0.846. The summed E-state index contributed by atoms with van der Waals surface area (Å²) in [5.74, 6) is 0. The molecule has 0 fully saturated rings. The van der Waals surface area contributed by atoms with Crippen LogP contribution in [0.3, 0.4) is 0 Å². The molecule has 0 aliphatic rings. The number of hydrogen-bond acceptors (Lipinski definition) is 4. The molecule has 0 aliphatic heterocycles. The fourth-order valence-electron chi connectivity index (χ4n) is 1.74. The molecule has 0 heterocycles. The summed E-state index contributed by atoms with van der Waals surface area (Å²) >= 11 is 0. The molecule has 2 rings (SSSR count). The molecule has 3 N–H and O–H groups in total. The lowest BCUT2D eigenvalue weighted by Gasteiger charge is -2.10. The average Bonchev–Trinajstić information content (AvgIpc) is 2.38. The molecular formula is C14H13N3O2S. The van der Waals surface area contributed by atoms with Crippen LogP contribution < -0.4 is 10.5 Å². The Balaban J connectivity index is 2.33. The molecular weight excluding hydrogens is 274 g/mol. The first-order valence-electron chi connectivity index (χ1n) is 5.81. The summed E-state index contributed by atoms with van der Waals surface area (Å²) in [6.45, 7) is 1.83.